The summed E-state index contributed by atoms with van der Waals surface area (Å²) >= 11 is 0. The maximum Gasteiger partial charge on any atom is 0.248 e. The van der Waals surface area contributed by atoms with Crippen LogP contribution < -0.4 is 5.32 Å². The van der Waals surface area contributed by atoms with Crippen molar-refractivity contribution >= 4 is 0 Å². The Labute approximate surface area is 108 Å². The van der Waals surface area contributed by atoms with Gasteiger partial charge in [-0.25, -0.2) is 8.78 Å². The van der Waals surface area contributed by atoms with Crippen molar-refractivity contribution in [2.75, 3.05) is 19.8 Å². The van der Waals surface area contributed by atoms with Gasteiger partial charge in [-0.2, -0.15) is 0 Å². The summed E-state index contributed by atoms with van der Waals surface area (Å²) in [5, 5.41) is 3.45. The first-order valence-corrected chi connectivity index (χ1v) is 7.31. The molecule has 106 valence electrons. The third-order valence-corrected chi connectivity index (χ3v) is 4.33. The first-order valence-electron chi connectivity index (χ1n) is 7.31. The Morgan fingerprint density at radius 3 is 2.67 bits per heavy atom. The van der Waals surface area contributed by atoms with Gasteiger partial charge in [0.05, 0.1) is 6.61 Å². The Morgan fingerprint density at radius 2 is 2.06 bits per heavy atom. The van der Waals surface area contributed by atoms with Crippen molar-refractivity contribution in [1.82, 2.24) is 5.32 Å². The lowest BCUT2D eigenvalue weighted by Gasteiger charge is -2.40. The molecule has 3 unspecified atom stereocenters. The van der Waals surface area contributed by atoms with E-state index in [1.807, 2.05) is 0 Å². The number of hydrogen-bond acceptors (Lipinski definition) is 2. The molecule has 0 amide bonds. The normalized spacial score (nSPS) is 34.2. The van der Waals surface area contributed by atoms with Gasteiger partial charge in [-0.05, 0) is 44.1 Å². The molecule has 1 N–H and O–H groups in total. The summed E-state index contributed by atoms with van der Waals surface area (Å²) in [7, 11) is 0. The second kappa shape index (κ2) is 6.29. The predicted molar refractivity (Wildman–Crippen MR) is 67.9 cm³/mol. The first kappa shape index (κ1) is 14.2. The number of ether oxygens (including phenoxy) is 1. The molecular weight excluding hydrogens is 236 g/mol. The van der Waals surface area contributed by atoms with E-state index in [9.17, 15) is 8.78 Å². The molecule has 0 aromatic heterocycles. The van der Waals surface area contributed by atoms with Crippen LogP contribution in [-0.2, 0) is 4.74 Å². The van der Waals surface area contributed by atoms with Crippen LogP contribution in [0.5, 0.6) is 0 Å². The molecule has 0 radical (unpaired) electrons. The zero-order valence-corrected chi connectivity index (χ0v) is 11.3. The highest BCUT2D eigenvalue weighted by molar-refractivity contribution is 4.90. The van der Waals surface area contributed by atoms with E-state index in [2.05, 4.69) is 12.2 Å². The molecule has 1 aliphatic heterocycles. The van der Waals surface area contributed by atoms with Crippen molar-refractivity contribution in [2.24, 2.45) is 11.8 Å². The molecule has 2 nitrogen and oxygen atoms in total. The molecule has 0 spiro atoms. The van der Waals surface area contributed by atoms with E-state index in [-0.39, 0.29) is 24.8 Å². The zero-order chi connectivity index (χ0) is 13.0. The van der Waals surface area contributed by atoms with Crippen molar-refractivity contribution in [3.63, 3.8) is 0 Å². The maximum absolute atomic E-state index is 13.6. The fourth-order valence-electron chi connectivity index (χ4n) is 3.52. The van der Waals surface area contributed by atoms with E-state index >= 15 is 0 Å². The largest absolute Gasteiger partial charge is 0.381 e. The standard InChI is InChI=1S/C14H25F2NO/c1-2-17-13(12-6-4-8-18-10-12)11-5-3-7-14(15,16)9-11/h11-13,17H,2-10H2,1H3. The van der Waals surface area contributed by atoms with Crippen molar-refractivity contribution in [3.8, 4) is 0 Å². The Bertz CT molecular complexity index is 254. The highest BCUT2D eigenvalue weighted by atomic mass is 19.3. The fraction of sp³-hybridized carbons (Fsp3) is 1.00. The molecule has 2 fully saturated rings. The minimum absolute atomic E-state index is 0.0567. The van der Waals surface area contributed by atoms with Gasteiger partial charge in [-0.1, -0.05) is 6.92 Å². The third kappa shape index (κ3) is 3.64. The summed E-state index contributed by atoms with van der Waals surface area (Å²) < 4.78 is 32.7. The third-order valence-electron chi connectivity index (χ3n) is 4.33. The highest BCUT2D eigenvalue weighted by Gasteiger charge is 2.41. The second-order valence-corrected chi connectivity index (χ2v) is 5.77. The Morgan fingerprint density at radius 1 is 1.28 bits per heavy atom. The molecule has 1 saturated carbocycles. The molecule has 18 heavy (non-hydrogen) atoms. The van der Waals surface area contributed by atoms with E-state index in [1.165, 1.54) is 0 Å². The van der Waals surface area contributed by atoms with Gasteiger partial charge in [-0.3, -0.25) is 0 Å². The van der Waals surface area contributed by atoms with E-state index in [4.69, 9.17) is 4.74 Å². The van der Waals surface area contributed by atoms with Crippen LogP contribution in [0.25, 0.3) is 0 Å². The van der Waals surface area contributed by atoms with Gasteiger partial charge in [-0.15, -0.1) is 0 Å². The molecule has 0 aromatic rings. The summed E-state index contributed by atoms with van der Waals surface area (Å²) in [5.41, 5.74) is 0. The van der Waals surface area contributed by atoms with E-state index < -0.39 is 5.92 Å². The molecular formula is C14H25F2NO. The number of nitrogens with one attached hydrogen (secondary N) is 1. The SMILES string of the molecule is CCNC(C1CCCOC1)C1CCCC(F)(F)C1. The molecule has 1 saturated heterocycles. The smallest absolute Gasteiger partial charge is 0.248 e. The van der Waals surface area contributed by atoms with Gasteiger partial charge in [0, 0.05) is 25.5 Å². The number of alkyl halides is 2. The average molecular weight is 261 g/mol. The van der Waals surface area contributed by atoms with Gasteiger partial charge < -0.3 is 10.1 Å². The van der Waals surface area contributed by atoms with Crippen LogP contribution in [0.4, 0.5) is 8.78 Å². The van der Waals surface area contributed by atoms with Crippen LogP contribution in [0, 0.1) is 11.8 Å². The van der Waals surface area contributed by atoms with Crippen molar-refractivity contribution in [1.29, 1.82) is 0 Å². The van der Waals surface area contributed by atoms with Gasteiger partial charge in [0.2, 0.25) is 5.92 Å². The van der Waals surface area contributed by atoms with Gasteiger partial charge in [0.25, 0.3) is 0 Å². The zero-order valence-electron chi connectivity index (χ0n) is 11.3. The minimum atomic E-state index is -2.45. The molecule has 2 aliphatic rings. The predicted octanol–water partition coefficient (Wildman–Crippen LogP) is 3.22. The number of rotatable bonds is 4. The fourth-order valence-corrected chi connectivity index (χ4v) is 3.52. The molecule has 1 heterocycles. The van der Waals surface area contributed by atoms with Crippen LogP contribution in [0.15, 0.2) is 0 Å². The van der Waals surface area contributed by atoms with Crippen molar-refractivity contribution in [2.45, 2.75) is 57.4 Å². The molecule has 0 bridgehead atoms. The Kier molecular flexibility index (Phi) is 4.96. The van der Waals surface area contributed by atoms with Crippen LogP contribution in [0.1, 0.15) is 45.4 Å². The van der Waals surface area contributed by atoms with Gasteiger partial charge in [0.1, 0.15) is 0 Å². The molecule has 1 aliphatic carbocycles. The summed E-state index contributed by atoms with van der Waals surface area (Å²) in [6.07, 6.45) is 3.90. The number of halogens is 2. The maximum atomic E-state index is 13.6. The molecule has 4 heteroatoms. The summed E-state index contributed by atoms with van der Waals surface area (Å²) in [4.78, 5) is 0. The van der Waals surface area contributed by atoms with Crippen molar-refractivity contribution in [3.05, 3.63) is 0 Å². The van der Waals surface area contributed by atoms with Crippen LogP contribution in [-0.4, -0.2) is 31.7 Å². The quantitative estimate of drug-likeness (QED) is 0.839. The van der Waals surface area contributed by atoms with Crippen LogP contribution >= 0.6 is 0 Å². The summed E-state index contributed by atoms with van der Waals surface area (Å²) in [6.45, 7) is 4.47. The Balaban J connectivity index is 1.99. The lowest BCUT2D eigenvalue weighted by atomic mass is 9.76. The average Bonchev–Trinajstić information content (AvgIpc) is 2.36. The Hall–Kier alpha value is -0.220. The molecule has 3 atom stereocenters. The molecule has 0 aromatic carbocycles. The van der Waals surface area contributed by atoms with E-state index in [1.54, 1.807) is 0 Å². The lowest BCUT2D eigenvalue weighted by molar-refractivity contribution is -0.0678. The second-order valence-electron chi connectivity index (χ2n) is 5.77. The first-order chi connectivity index (χ1) is 8.62. The van der Waals surface area contributed by atoms with Gasteiger partial charge in [0.15, 0.2) is 0 Å². The number of hydrogen-bond donors (Lipinski definition) is 1. The van der Waals surface area contributed by atoms with E-state index in [0.29, 0.717) is 12.3 Å². The van der Waals surface area contributed by atoms with Crippen molar-refractivity contribution < 1.29 is 13.5 Å². The van der Waals surface area contributed by atoms with E-state index in [0.717, 1.165) is 39.0 Å². The lowest BCUT2D eigenvalue weighted by Crippen LogP contribution is -2.48. The van der Waals surface area contributed by atoms with Gasteiger partial charge >= 0.3 is 0 Å². The summed E-state index contributed by atoms with van der Waals surface area (Å²) in [6, 6.07) is 0.210. The van der Waals surface area contributed by atoms with Crippen LogP contribution in [0.2, 0.25) is 0 Å². The summed E-state index contributed by atoms with van der Waals surface area (Å²) in [5.74, 6) is -1.93. The topological polar surface area (TPSA) is 21.3 Å². The van der Waals surface area contributed by atoms with Crippen LogP contribution in [0.3, 0.4) is 0 Å². The highest BCUT2D eigenvalue weighted by Crippen LogP contribution is 2.40. The monoisotopic (exact) mass is 261 g/mol. The molecule has 2 rings (SSSR count). The minimum Gasteiger partial charge on any atom is -0.381 e.